The highest BCUT2D eigenvalue weighted by molar-refractivity contribution is 5.64. The number of benzene rings is 2. The second-order valence-electron chi connectivity index (χ2n) is 10.8. The van der Waals surface area contributed by atoms with Crippen LogP contribution >= 0.6 is 0 Å². The molecule has 1 fully saturated rings. The Hall–Kier alpha value is -2.07. The summed E-state index contributed by atoms with van der Waals surface area (Å²) in [6, 6.07) is 21.2. The molecule has 0 aromatic heterocycles. The van der Waals surface area contributed by atoms with E-state index in [1.807, 2.05) is 0 Å². The van der Waals surface area contributed by atoms with Gasteiger partial charge in [-0.25, -0.2) is 0 Å². The lowest BCUT2D eigenvalue weighted by atomic mass is 9.67. The summed E-state index contributed by atoms with van der Waals surface area (Å²) in [7, 11) is 0. The van der Waals surface area contributed by atoms with Crippen molar-refractivity contribution in [3.8, 4) is 17.2 Å². The van der Waals surface area contributed by atoms with Crippen LogP contribution in [0.3, 0.4) is 0 Å². The minimum absolute atomic E-state index is 0.0561. The molecule has 0 bridgehead atoms. The number of unbranched alkanes of at least 4 members (excludes halogenated alkanes) is 8. The predicted octanol–water partition coefficient (Wildman–Crippen LogP) is 10.4. The van der Waals surface area contributed by atoms with Crippen LogP contribution in [0.1, 0.15) is 127 Å². The molecule has 184 valence electrons. The summed E-state index contributed by atoms with van der Waals surface area (Å²) in [5.74, 6) is 0.616. The topological polar surface area (TPSA) is 23.8 Å². The van der Waals surface area contributed by atoms with E-state index in [1.165, 1.54) is 92.9 Å². The summed E-state index contributed by atoms with van der Waals surface area (Å²) in [5.41, 5.74) is 5.49. The summed E-state index contributed by atoms with van der Waals surface area (Å²) < 4.78 is 0. The zero-order chi connectivity index (χ0) is 24.1. The number of hydrogen-bond acceptors (Lipinski definition) is 1. The van der Waals surface area contributed by atoms with E-state index in [2.05, 4.69) is 68.4 Å². The van der Waals surface area contributed by atoms with E-state index in [-0.39, 0.29) is 5.41 Å². The van der Waals surface area contributed by atoms with E-state index in [4.69, 9.17) is 0 Å². The van der Waals surface area contributed by atoms with Crippen LogP contribution in [0.25, 0.3) is 11.1 Å². The summed E-state index contributed by atoms with van der Waals surface area (Å²) in [5, 5.41) is 9.94. The maximum absolute atomic E-state index is 9.94. The first kappa shape index (κ1) is 26.5. The average molecular weight is 458 g/mol. The van der Waals surface area contributed by atoms with Gasteiger partial charge in [0.05, 0.1) is 11.5 Å². The maximum Gasteiger partial charge on any atom is 0.0689 e. The Labute approximate surface area is 210 Å². The molecule has 34 heavy (non-hydrogen) atoms. The second kappa shape index (κ2) is 14.4. The molecule has 2 aromatic carbocycles. The van der Waals surface area contributed by atoms with E-state index >= 15 is 0 Å². The molecule has 1 heteroatoms. The van der Waals surface area contributed by atoms with Gasteiger partial charge in [0.1, 0.15) is 0 Å². The van der Waals surface area contributed by atoms with Gasteiger partial charge in [-0.15, -0.1) is 0 Å². The minimum Gasteiger partial charge on any atom is -0.198 e. The van der Waals surface area contributed by atoms with E-state index in [1.54, 1.807) is 0 Å². The van der Waals surface area contributed by atoms with Gasteiger partial charge < -0.3 is 0 Å². The lowest BCUT2D eigenvalue weighted by molar-refractivity contribution is 0.223. The molecule has 0 unspecified atom stereocenters. The Kier molecular flexibility index (Phi) is 11.2. The third-order valence-electron chi connectivity index (χ3n) is 8.18. The molecule has 0 heterocycles. The number of nitriles is 1. The standard InChI is InChI=1S/C33H47N/c1-3-5-7-9-10-12-24-33(27-34)25-22-32(23-26-33)31-20-18-30(19-21-31)29-16-14-28(15-17-29)13-11-8-6-4-2/h14-21,32H,3-13,22-26H2,1-2H3/t32-,33-. The molecule has 2 aromatic rings. The van der Waals surface area contributed by atoms with E-state index < -0.39 is 0 Å². The van der Waals surface area contributed by atoms with Gasteiger partial charge in [0.15, 0.2) is 0 Å². The van der Waals surface area contributed by atoms with Gasteiger partial charge in [-0.05, 0) is 73.1 Å². The van der Waals surface area contributed by atoms with Gasteiger partial charge in [0, 0.05) is 0 Å². The van der Waals surface area contributed by atoms with Crippen LogP contribution in [-0.2, 0) is 6.42 Å². The van der Waals surface area contributed by atoms with Gasteiger partial charge in [0.2, 0.25) is 0 Å². The average Bonchev–Trinajstić information content (AvgIpc) is 2.89. The van der Waals surface area contributed by atoms with Gasteiger partial charge in [-0.1, -0.05) is 120 Å². The molecule has 0 radical (unpaired) electrons. The van der Waals surface area contributed by atoms with Crippen LogP contribution in [0.15, 0.2) is 48.5 Å². The van der Waals surface area contributed by atoms with Gasteiger partial charge in [-0.3, -0.25) is 0 Å². The highest BCUT2D eigenvalue weighted by Gasteiger charge is 2.35. The first-order valence-corrected chi connectivity index (χ1v) is 14.3. The Bertz CT molecular complexity index is 847. The van der Waals surface area contributed by atoms with Crippen LogP contribution in [-0.4, -0.2) is 0 Å². The largest absolute Gasteiger partial charge is 0.198 e. The van der Waals surface area contributed by atoms with Crippen molar-refractivity contribution >= 4 is 0 Å². The maximum atomic E-state index is 9.94. The van der Waals surface area contributed by atoms with Crippen molar-refractivity contribution in [1.29, 1.82) is 5.26 Å². The summed E-state index contributed by atoms with van der Waals surface area (Å²) in [4.78, 5) is 0. The monoisotopic (exact) mass is 457 g/mol. The molecule has 3 rings (SSSR count). The number of nitrogens with zero attached hydrogens (tertiary/aromatic N) is 1. The fraction of sp³-hybridized carbons (Fsp3) is 0.606. The molecule has 0 amide bonds. The van der Waals surface area contributed by atoms with Crippen LogP contribution < -0.4 is 0 Å². The highest BCUT2D eigenvalue weighted by Crippen LogP contribution is 2.45. The normalized spacial score (nSPS) is 20.2. The zero-order valence-electron chi connectivity index (χ0n) is 22.0. The number of rotatable bonds is 14. The summed E-state index contributed by atoms with van der Waals surface area (Å²) in [6.45, 7) is 4.54. The van der Waals surface area contributed by atoms with Crippen molar-refractivity contribution in [2.24, 2.45) is 5.41 Å². The van der Waals surface area contributed by atoms with Crippen molar-refractivity contribution in [2.45, 2.75) is 122 Å². The SMILES string of the molecule is CCCCCCCC[C@]1(C#N)CC[C@H](c2ccc(-c3ccc(CCCCCC)cc3)cc2)CC1. The Balaban J connectivity index is 1.47. The number of hydrogen-bond donors (Lipinski definition) is 0. The molecule has 1 aliphatic carbocycles. The first-order chi connectivity index (χ1) is 16.7. The van der Waals surface area contributed by atoms with Crippen molar-refractivity contribution < 1.29 is 0 Å². The van der Waals surface area contributed by atoms with Crippen molar-refractivity contribution in [3.05, 3.63) is 59.7 Å². The smallest absolute Gasteiger partial charge is 0.0689 e. The lowest BCUT2D eigenvalue weighted by Gasteiger charge is -2.35. The van der Waals surface area contributed by atoms with Gasteiger partial charge in [0.25, 0.3) is 0 Å². The minimum atomic E-state index is -0.0561. The summed E-state index contributed by atoms with van der Waals surface area (Å²) in [6.07, 6.45) is 20.0. The van der Waals surface area contributed by atoms with Crippen molar-refractivity contribution in [1.82, 2.24) is 0 Å². The first-order valence-electron chi connectivity index (χ1n) is 14.3. The van der Waals surface area contributed by atoms with Crippen molar-refractivity contribution in [3.63, 3.8) is 0 Å². The lowest BCUT2D eigenvalue weighted by Crippen LogP contribution is -2.25. The molecule has 0 aliphatic heterocycles. The zero-order valence-corrected chi connectivity index (χ0v) is 22.0. The van der Waals surface area contributed by atoms with Gasteiger partial charge in [-0.2, -0.15) is 5.26 Å². The van der Waals surface area contributed by atoms with Crippen LogP contribution in [0.5, 0.6) is 0 Å². The van der Waals surface area contributed by atoms with E-state index in [9.17, 15) is 5.26 Å². The second-order valence-corrected chi connectivity index (χ2v) is 10.8. The number of aryl methyl sites for hydroxylation is 1. The highest BCUT2D eigenvalue weighted by atomic mass is 14.4. The fourth-order valence-corrected chi connectivity index (χ4v) is 5.73. The molecule has 1 aliphatic rings. The molecule has 1 nitrogen and oxygen atoms in total. The molecule has 1 saturated carbocycles. The van der Waals surface area contributed by atoms with Crippen molar-refractivity contribution in [2.75, 3.05) is 0 Å². The fourth-order valence-electron chi connectivity index (χ4n) is 5.73. The van der Waals surface area contributed by atoms with Crippen LogP contribution in [0.4, 0.5) is 0 Å². The molecule has 0 spiro atoms. The van der Waals surface area contributed by atoms with E-state index in [0.29, 0.717) is 5.92 Å². The third-order valence-corrected chi connectivity index (χ3v) is 8.18. The van der Waals surface area contributed by atoms with Crippen LogP contribution in [0.2, 0.25) is 0 Å². The quantitative estimate of drug-likeness (QED) is 0.259. The van der Waals surface area contributed by atoms with Crippen LogP contribution in [0, 0.1) is 16.7 Å². The molecule has 0 N–H and O–H groups in total. The molecule has 0 saturated heterocycles. The molecular formula is C33H47N. The molecular weight excluding hydrogens is 410 g/mol. The Morgan fingerprint density at radius 3 is 1.82 bits per heavy atom. The molecule has 0 atom stereocenters. The van der Waals surface area contributed by atoms with Gasteiger partial charge >= 0.3 is 0 Å². The van der Waals surface area contributed by atoms with E-state index in [0.717, 1.165) is 32.1 Å². The third kappa shape index (κ3) is 8.01. The predicted molar refractivity (Wildman–Crippen MR) is 147 cm³/mol. The summed E-state index contributed by atoms with van der Waals surface area (Å²) >= 11 is 0. The Morgan fingerprint density at radius 2 is 1.24 bits per heavy atom. The Morgan fingerprint density at radius 1 is 0.706 bits per heavy atom.